The number of thiophene rings is 1. The van der Waals surface area contributed by atoms with Gasteiger partial charge in [-0.15, -0.1) is 11.3 Å². The SMILES string of the molecule is Cc1ccsc1C(CN)OC(C)CC(C)C. The molecule has 1 rings (SSSR count). The zero-order valence-electron chi connectivity index (χ0n) is 10.7. The van der Waals surface area contributed by atoms with Crippen LogP contribution in [0.3, 0.4) is 0 Å². The van der Waals surface area contributed by atoms with Gasteiger partial charge in [0.15, 0.2) is 0 Å². The molecular weight excluding hydrogens is 218 g/mol. The first kappa shape index (κ1) is 13.7. The molecule has 2 unspecified atom stereocenters. The van der Waals surface area contributed by atoms with Crippen LogP contribution >= 0.6 is 11.3 Å². The van der Waals surface area contributed by atoms with Gasteiger partial charge in [-0.1, -0.05) is 13.8 Å². The summed E-state index contributed by atoms with van der Waals surface area (Å²) in [7, 11) is 0. The van der Waals surface area contributed by atoms with Crippen molar-refractivity contribution in [2.45, 2.75) is 46.3 Å². The molecule has 0 amide bonds. The van der Waals surface area contributed by atoms with Crippen LogP contribution in [0, 0.1) is 12.8 Å². The number of rotatable bonds is 6. The van der Waals surface area contributed by atoms with Crippen LogP contribution in [0.15, 0.2) is 11.4 Å². The molecule has 3 heteroatoms. The van der Waals surface area contributed by atoms with Crippen LogP contribution in [0.2, 0.25) is 0 Å². The van der Waals surface area contributed by atoms with Gasteiger partial charge in [0.25, 0.3) is 0 Å². The standard InChI is InChI=1S/C13H23NOS/c1-9(2)7-11(4)15-12(8-14)13-10(3)5-6-16-13/h5-6,9,11-12H,7-8,14H2,1-4H3. The second-order valence-electron chi connectivity index (χ2n) is 4.77. The second-order valence-corrected chi connectivity index (χ2v) is 5.72. The Labute approximate surface area is 103 Å². The number of aryl methyl sites for hydroxylation is 1. The third kappa shape index (κ3) is 3.89. The van der Waals surface area contributed by atoms with E-state index in [1.165, 1.54) is 10.4 Å². The van der Waals surface area contributed by atoms with E-state index < -0.39 is 0 Å². The molecule has 1 heterocycles. The fourth-order valence-electron chi connectivity index (χ4n) is 1.94. The fraction of sp³-hybridized carbons (Fsp3) is 0.692. The molecule has 0 aliphatic rings. The Morgan fingerprint density at radius 3 is 2.50 bits per heavy atom. The molecule has 0 spiro atoms. The van der Waals surface area contributed by atoms with E-state index in [1.807, 2.05) is 0 Å². The molecule has 1 aromatic heterocycles. The van der Waals surface area contributed by atoms with E-state index in [0.717, 1.165) is 6.42 Å². The fourth-order valence-corrected chi connectivity index (χ4v) is 2.91. The lowest BCUT2D eigenvalue weighted by atomic mass is 10.1. The van der Waals surface area contributed by atoms with Crippen molar-refractivity contribution in [3.63, 3.8) is 0 Å². The summed E-state index contributed by atoms with van der Waals surface area (Å²) in [5.41, 5.74) is 7.08. The van der Waals surface area contributed by atoms with E-state index in [4.69, 9.17) is 10.5 Å². The van der Waals surface area contributed by atoms with Crippen LogP contribution in [-0.4, -0.2) is 12.6 Å². The Hall–Kier alpha value is -0.380. The lowest BCUT2D eigenvalue weighted by molar-refractivity contribution is -0.00684. The molecule has 16 heavy (non-hydrogen) atoms. The minimum Gasteiger partial charge on any atom is -0.368 e. The lowest BCUT2D eigenvalue weighted by Gasteiger charge is -2.22. The van der Waals surface area contributed by atoms with Gasteiger partial charge in [-0.3, -0.25) is 0 Å². The second kappa shape index (κ2) is 6.38. The third-order valence-corrected chi connectivity index (χ3v) is 3.72. The first-order valence-corrected chi connectivity index (χ1v) is 6.82. The van der Waals surface area contributed by atoms with Gasteiger partial charge < -0.3 is 10.5 Å². The number of nitrogens with two attached hydrogens (primary N) is 1. The largest absolute Gasteiger partial charge is 0.368 e. The molecule has 0 aliphatic heterocycles. The van der Waals surface area contributed by atoms with Crippen molar-refractivity contribution in [1.29, 1.82) is 0 Å². The predicted octanol–water partition coefficient (Wildman–Crippen LogP) is 3.51. The summed E-state index contributed by atoms with van der Waals surface area (Å²) in [4.78, 5) is 1.28. The summed E-state index contributed by atoms with van der Waals surface area (Å²) in [6.07, 6.45) is 1.42. The summed E-state index contributed by atoms with van der Waals surface area (Å²) in [5, 5.41) is 2.10. The summed E-state index contributed by atoms with van der Waals surface area (Å²) < 4.78 is 6.02. The maximum Gasteiger partial charge on any atom is 0.104 e. The number of hydrogen-bond donors (Lipinski definition) is 1. The number of ether oxygens (including phenoxy) is 1. The zero-order chi connectivity index (χ0) is 12.1. The topological polar surface area (TPSA) is 35.2 Å². The van der Waals surface area contributed by atoms with E-state index in [2.05, 4.69) is 39.1 Å². The van der Waals surface area contributed by atoms with Crippen molar-refractivity contribution in [1.82, 2.24) is 0 Å². The van der Waals surface area contributed by atoms with Gasteiger partial charge in [-0.2, -0.15) is 0 Å². The minimum atomic E-state index is 0.0637. The highest BCUT2D eigenvalue weighted by atomic mass is 32.1. The van der Waals surface area contributed by atoms with Gasteiger partial charge >= 0.3 is 0 Å². The predicted molar refractivity (Wildman–Crippen MR) is 70.9 cm³/mol. The molecule has 92 valence electrons. The Morgan fingerprint density at radius 2 is 2.06 bits per heavy atom. The van der Waals surface area contributed by atoms with Crippen molar-refractivity contribution < 1.29 is 4.74 Å². The van der Waals surface area contributed by atoms with Crippen LogP contribution in [0.1, 0.15) is 43.7 Å². The maximum absolute atomic E-state index is 6.02. The molecule has 1 aromatic rings. The molecule has 2 atom stereocenters. The lowest BCUT2D eigenvalue weighted by Crippen LogP contribution is -2.21. The van der Waals surface area contributed by atoms with Crippen LogP contribution in [0.25, 0.3) is 0 Å². The first-order chi connectivity index (χ1) is 7.54. The Morgan fingerprint density at radius 1 is 1.38 bits per heavy atom. The van der Waals surface area contributed by atoms with Gasteiger partial charge in [-0.05, 0) is 43.2 Å². The molecule has 2 nitrogen and oxygen atoms in total. The van der Waals surface area contributed by atoms with E-state index in [0.29, 0.717) is 12.5 Å². The first-order valence-electron chi connectivity index (χ1n) is 5.94. The smallest absolute Gasteiger partial charge is 0.104 e. The van der Waals surface area contributed by atoms with E-state index in [1.54, 1.807) is 11.3 Å². The average Bonchev–Trinajstić information content (AvgIpc) is 2.60. The van der Waals surface area contributed by atoms with Crippen LogP contribution in [-0.2, 0) is 4.74 Å². The van der Waals surface area contributed by atoms with Crippen molar-refractivity contribution in [3.8, 4) is 0 Å². The maximum atomic E-state index is 6.02. The quantitative estimate of drug-likeness (QED) is 0.827. The van der Waals surface area contributed by atoms with Gasteiger partial charge in [0.1, 0.15) is 6.10 Å². The summed E-state index contributed by atoms with van der Waals surface area (Å²) in [6, 6.07) is 2.12. The highest BCUT2D eigenvalue weighted by Gasteiger charge is 2.17. The highest BCUT2D eigenvalue weighted by Crippen LogP contribution is 2.28. The minimum absolute atomic E-state index is 0.0637. The Kier molecular flexibility index (Phi) is 5.46. The van der Waals surface area contributed by atoms with Crippen LogP contribution in [0.4, 0.5) is 0 Å². The van der Waals surface area contributed by atoms with Crippen molar-refractivity contribution in [2.75, 3.05) is 6.54 Å². The van der Waals surface area contributed by atoms with Gasteiger partial charge in [0.2, 0.25) is 0 Å². The normalized spacial score (nSPS) is 15.4. The van der Waals surface area contributed by atoms with E-state index in [9.17, 15) is 0 Å². The third-order valence-electron chi connectivity index (χ3n) is 2.61. The zero-order valence-corrected chi connectivity index (χ0v) is 11.5. The van der Waals surface area contributed by atoms with Crippen molar-refractivity contribution >= 4 is 11.3 Å². The molecule has 0 saturated carbocycles. The molecule has 0 radical (unpaired) electrons. The monoisotopic (exact) mass is 241 g/mol. The average molecular weight is 241 g/mol. The van der Waals surface area contributed by atoms with Crippen molar-refractivity contribution in [3.05, 3.63) is 21.9 Å². The summed E-state index contributed by atoms with van der Waals surface area (Å²) in [5.74, 6) is 0.665. The van der Waals surface area contributed by atoms with Gasteiger partial charge in [0, 0.05) is 11.4 Å². The summed E-state index contributed by atoms with van der Waals surface area (Å²) >= 11 is 1.74. The molecule has 0 aliphatic carbocycles. The molecule has 0 fully saturated rings. The Balaban J connectivity index is 2.59. The molecule has 0 bridgehead atoms. The van der Waals surface area contributed by atoms with Crippen LogP contribution < -0.4 is 5.73 Å². The molecule has 0 aromatic carbocycles. The van der Waals surface area contributed by atoms with Gasteiger partial charge in [0.05, 0.1) is 6.10 Å². The van der Waals surface area contributed by atoms with Crippen molar-refractivity contribution in [2.24, 2.45) is 11.7 Å². The van der Waals surface area contributed by atoms with E-state index in [-0.39, 0.29) is 12.2 Å². The van der Waals surface area contributed by atoms with Crippen LogP contribution in [0.5, 0.6) is 0 Å². The van der Waals surface area contributed by atoms with Gasteiger partial charge in [-0.25, -0.2) is 0 Å². The highest BCUT2D eigenvalue weighted by molar-refractivity contribution is 7.10. The molecule has 2 N–H and O–H groups in total. The Bertz CT molecular complexity index is 309. The molecular formula is C13H23NOS. The molecule has 0 saturated heterocycles. The summed E-state index contributed by atoms with van der Waals surface area (Å²) in [6.45, 7) is 9.24. The number of hydrogen-bond acceptors (Lipinski definition) is 3. The van der Waals surface area contributed by atoms with E-state index >= 15 is 0 Å².